The molecule has 0 aliphatic rings. The molecule has 0 aliphatic heterocycles. The van der Waals surface area contributed by atoms with Crippen LogP contribution in [-0.4, -0.2) is 0 Å². The van der Waals surface area contributed by atoms with Crippen LogP contribution in [0.15, 0.2) is 29.6 Å². The third-order valence-electron chi connectivity index (χ3n) is 2.13. The van der Waals surface area contributed by atoms with Gasteiger partial charge in [-0.2, -0.15) is 0 Å². The second kappa shape index (κ2) is 5.05. The zero-order chi connectivity index (χ0) is 11.7. The van der Waals surface area contributed by atoms with Gasteiger partial charge in [0.2, 0.25) is 0 Å². The highest BCUT2D eigenvalue weighted by molar-refractivity contribution is 9.09. The van der Waals surface area contributed by atoms with Crippen LogP contribution in [-0.2, 0) is 0 Å². The monoisotopic (exact) mass is 338 g/mol. The summed E-state index contributed by atoms with van der Waals surface area (Å²) in [5, 5.41) is 2.68. The fourth-order valence-corrected chi connectivity index (χ4v) is 3.95. The summed E-state index contributed by atoms with van der Waals surface area (Å²) < 4.78 is 13.3. The predicted octanol–water partition coefficient (Wildman–Crippen LogP) is 5.68. The Morgan fingerprint density at radius 2 is 2.00 bits per heavy atom. The lowest BCUT2D eigenvalue weighted by atomic mass is 10.1. The minimum atomic E-state index is -0.420. The van der Waals surface area contributed by atoms with Crippen LogP contribution in [0.25, 0.3) is 0 Å². The van der Waals surface area contributed by atoms with E-state index in [0.717, 1.165) is 4.88 Å². The molecule has 0 bridgehead atoms. The van der Waals surface area contributed by atoms with Crippen molar-refractivity contribution in [2.75, 3.05) is 0 Å². The molecule has 0 fully saturated rings. The third-order valence-corrected chi connectivity index (χ3v) is 5.21. The number of rotatable bonds is 2. The molecule has 0 spiro atoms. The average Bonchev–Trinajstić information content (AvgIpc) is 2.68. The Morgan fingerprint density at radius 3 is 2.62 bits per heavy atom. The molecule has 2 aromatic rings. The Bertz CT molecular complexity index is 512. The van der Waals surface area contributed by atoms with Crippen molar-refractivity contribution in [3.8, 4) is 0 Å². The normalized spacial score (nSPS) is 12.8. The van der Waals surface area contributed by atoms with Crippen molar-refractivity contribution in [2.45, 2.75) is 4.83 Å². The molecule has 0 nitrogen and oxygen atoms in total. The van der Waals surface area contributed by atoms with Gasteiger partial charge in [-0.1, -0.05) is 51.3 Å². The number of thiophene rings is 1. The average molecular weight is 340 g/mol. The Morgan fingerprint density at radius 1 is 1.25 bits per heavy atom. The van der Waals surface area contributed by atoms with E-state index in [9.17, 15) is 4.39 Å². The summed E-state index contributed by atoms with van der Waals surface area (Å²) >= 11 is 16.9. The highest BCUT2D eigenvalue weighted by Gasteiger charge is 2.19. The first-order chi connectivity index (χ1) is 7.61. The Balaban J connectivity index is 2.46. The standard InChI is InChI=1S/C11H6BrCl2FS/c12-9(11-7(13)4-5-16-11)6-2-1-3-8(15)10(6)14/h1-5,9H. The molecule has 84 valence electrons. The van der Waals surface area contributed by atoms with Crippen LogP contribution in [0.3, 0.4) is 0 Å². The molecule has 0 N–H and O–H groups in total. The minimum Gasteiger partial charge on any atom is -0.205 e. The van der Waals surface area contributed by atoms with E-state index >= 15 is 0 Å². The smallest absolute Gasteiger partial charge is 0.142 e. The van der Waals surface area contributed by atoms with E-state index in [1.165, 1.54) is 17.4 Å². The lowest BCUT2D eigenvalue weighted by Gasteiger charge is -2.11. The van der Waals surface area contributed by atoms with E-state index in [1.54, 1.807) is 12.1 Å². The number of benzene rings is 1. The van der Waals surface area contributed by atoms with Gasteiger partial charge in [-0.3, -0.25) is 0 Å². The van der Waals surface area contributed by atoms with Gasteiger partial charge >= 0.3 is 0 Å². The van der Waals surface area contributed by atoms with Crippen molar-refractivity contribution in [3.05, 3.63) is 55.9 Å². The van der Waals surface area contributed by atoms with Crippen LogP contribution in [0, 0.1) is 5.82 Å². The minimum absolute atomic E-state index is 0.133. The molecular formula is C11H6BrCl2FS. The fourth-order valence-electron chi connectivity index (χ4n) is 1.34. The van der Waals surface area contributed by atoms with Crippen LogP contribution in [0.5, 0.6) is 0 Å². The summed E-state index contributed by atoms with van der Waals surface area (Å²) in [4.78, 5) is 0.748. The maximum atomic E-state index is 13.3. The van der Waals surface area contributed by atoms with Gasteiger partial charge in [-0.05, 0) is 23.1 Å². The number of hydrogen-bond acceptors (Lipinski definition) is 1. The van der Waals surface area contributed by atoms with E-state index in [0.29, 0.717) is 10.6 Å². The second-order valence-corrected chi connectivity index (χ2v) is 5.79. The molecule has 1 aromatic carbocycles. The Hall–Kier alpha value is -0.0900. The lowest BCUT2D eigenvalue weighted by molar-refractivity contribution is 0.626. The van der Waals surface area contributed by atoms with Gasteiger partial charge in [0.1, 0.15) is 5.82 Å². The van der Waals surface area contributed by atoms with Crippen LogP contribution < -0.4 is 0 Å². The topological polar surface area (TPSA) is 0 Å². The molecule has 0 saturated heterocycles. The van der Waals surface area contributed by atoms with Gasteiger partial charge in [0.25, 0.3) is 0 Å². The predicted molar refractivity (Wildman–Crippen MR) is 71.5 cm³/mol. The summed E-state index contributed by atoms with van der Waals surface area (Å²) in [6.45, 7) is 0. The van der Waals surface area contributed by atoms with Gasteiger partial charge in [0.05, 0.1) is 14.9 Å². The molecule has 1 heterocycles. The SMILES string of the molecule is Fc1cccc(C(Br)c2sccc2Cl)c1Cl. The maximum Gasteiger partial charge on any atom is 0.142 e. The zero-order valence-corrected chi connectivity index (χ0v) is 11.8. The first kappa shape index (κ1) is 12.4. The summed E-state index contributed by atoms with van der Waals surface area (Å²) in [5.41, 5.74) is 0.686. The largest absolute Gasteiger partial charge is 0.205 e. The quantitative estimate of drug-likeness (QED) is 0.617. The Kier molecular flexibility index (Phi) is 3.90. The van der Waals surface area contributed by atoms with Gasteiger partial charge in [0, 0.05) is 4.88 Å². The number of halogens is 4. The molecule has 16 heavy (non-hydrogen) atoms. The van der Waals surface area contributed by atoms with Crippen LogP contribution in [0.4, 0.5) is 4.39 Å². The van der Waals surface area contributed by atoms with Crippen molar-refractivity contribution >= 4 is 50.5 Å². The van der Waals surface area contributed by atoms with Crippen molar-refractivity contribution in [1.29, 1.82) is 0 Å². The van der Waals surface area contributed by atoms with Gasteiger partial charge in [0.15, 0.2) is 0 Å². The van der Waals surface area contributed by atoms with E-state index in [4.69, 9.17) is 23.2 Å². The van der Waals surface area contributed by atoms with E-state index < -0.39 is 5.82 Å². The second-order valence-electron chi connectivity index (χ2n) is 3.14. The molecule has 0 amide bonds. The summed E-state index contributed by atoms with van der Waals surface area (Å²) in [7, 11) is 0. The van der Waals surface area contributed by atoms with Crippen LogP contribution in [0.1, 0.15) is 15.3 Å². The molecular weight excluding hydrogens is 334 g/mol. The van der Waals surface area contributed by atoms with E-state index in [2.05, 4.69) is 15.9 Å². The zero-order valence-electron chi connectivity index (χ0n) is 7.88. The van der Waals surface area contributed by atoms with Crippen molar-refractivity contribution < 1.29 is 4.39 Å². The van der Waals surface area contributed by atoms with Gasteiger partial charge in [-0.15, -0.1) is 11.3 Å². The highest BCUT2D eigenvalue weighted by Crippen LogP contribution is 2.41. The van der Waals surface area contributed by atoms with Crippen molar-refractivity contribution in [1.82, 2.24) is 0 Å². The first-order valence-corrected chi connectivity index (χ1v) is 6.97. The fraction of sp³-hybridized carbons (Fsp3) is 0.0909. The first-order valence-electron chi connectivity index (χ1n) is 4.42. The van der Waals surface area contributed by atoms with E-state index in [1.807, 2.05) is 11.4 Å². The molecule has 1 atom stereocenters. The lowest BCUT2D eigenvalue weighted by Crippen LogP contribution is -1.93. The van der Waals surface area contributed by atoms with Crippen molar-refractivity contribution in [3.63, 3.8) is 0 Å². The summed E-state index contributed by atoms with van der Waals surface area (Å²) in [5.74, 6) is -0.420. The van der Waals surface area contributed by atoms with Crippen molar-refractivity contribution in [2.24, 2.45) is 0 Å². The summed E-state index contributed by atoms with van der Waals surface area (Å²) in [6.07, 6.45) is 0. The molecule has 1 aromatic heterocycles. The van der Waals surface area contributed by atoms with Crippen LogP contribution >= 0.6 is 50.5 Å². The molecule has 0 aliphatic carbocycles. The molecule has 1 unspecified atom stereocenters. The molecule has 5 heteroatoms. The maximum absolute atomic E-state index is 13.3. The highest BCUT2D eigenvalue weighted by atomic mass is 79.9. The number of hydrogen-bond donors (Lipinski definition) is 0. The van der Waals surface area contributed by atoms with Gasteiger partial charge in [-0.25, -0.2) is 4.39 Å². The molecule has 0 radical (unpaired) electrons. The molecule has 0 saturated carbocycles. The van der Waals surface area contributed by atoms with Crippen LogP contribution in [0.2, 0.25) is 10.0 Å². The van der Waals surface area contributed by atoms with E-state index in [-0.39, 0.29) is 9.85 Å². The van der Waals surface area contributed by atoms with Gasteiger partial charge < -0.3 is 0 Å². The number of alkyl halides is 1. The summed E-state index contributed by atoms with van der Waals surface area (Å²) in [6, 6.07) is 6.55. The molecule has 2 rings (SSSR count). The Labute approximate surface area is 115 Å². The third kappa shape index (κ3) is 2.28.